The van der Waals surface area contributed by atoms with Gasteiger partial charge in [-0.1, -0.05) is 33.4 Å². The van der Waals surface area contributed by atoms with Crippen LogP contribution >= 0.6 is 0 Å². The van der Waals surface area contributed by atoms with Crippen molar-refractivity contribution in [2.45, 2.75) is 32.6 Å². The summed E-state index contributed by atoms with van der Waals surface area (Å²) in [6.45, 7) is 10.3. The summed E-state index contributed by atoms with van der Waals surface area (Å²) < 4.78 is 0. The number of hydrogen-bond acceptors (Lipinski definition) is 2. The summed E-state index contributed by atoms with van der Waals surface area (Å²) in [4.78, 5) is 0. The van der Waals surface area contributed by atoms with E-state index in [1.165, 1.54) is 5.56 Å². The van der Waals surface area contributed by atoms with E-state index in [1.807, 2.05) is 6.07 Å². The van der Waals surface area contributed by atoms with Gasteiger partial charge in [0.05, 0.1) is 11.4 Å². The van der Waals surface area contributed by atoms with Gasteiger partial charge in [0.1, 0.15) is 0 Å². The predicted octanol–water partition coefficient (Wildman–Crippen LogP) is 3.51. The third-order valence-corrected chi connectivity index (χ3v) is 2.98. The van der Waals surface area contributed by atoms with Crippen molar-refractivity contribution in [2.75, 3.05) is 11.1 Å². The van der Waals surface area contributed by atoms with Crippen molar-refractivity contribution in [3.63, 3.8) is 0 Å². The molecule has 3 N–H and O–H groups in total. The van der Waals surface area contributed by atoms with E-state index in [-0.39, 0.29) is 5.41 Å². The first-order valence-electron chi connectivity index (χ1n) is 5.28. The van der Waals surface area contributed by atoms with Crippen LogP contribution in [0.5, 0.6) is 0 Å². The number of rotatable bonds is 4. The number of anilines is 2. The highest BCUT2D eigenvalue weighted by Gasteiger charge is 2.18. The summed E-state index contributed by atoms with van der Waals surface area (Å²) in [5, 5.41) is 3.05. The van der Waals surface area contributed by atoms with E-state index in [2.05, 4.69) is 44.8 Å². The molecule has 0 aromatic heterocycles. The minimum atomic E-state index is 0.186. The van der Waals surface area contributed by atoms with Crippen LogP contribution in [-0.2, 0) is 5.41 Å². The quantitative estimate of drug-likeness (QED) is 0.736. The number of nitrogen functional groups attached to an aromatic ring is 1. The van der Waals surface area contributed by atoms with Gasteiger partial charge in [0, 0.05) is 0 Å². The lowest BCUT2D eigenvalue weighted by molar-refractivity contribution is 0.506. The molecule has 0 bridgehead atoms. The molecule has 82 valence electrons. The molecule has 0 atom stereocenters. The van der Waals surface area contributed by atoms with Gasteiger partial charge >= 0.3 is 0 Å². The highest BCUT2D eigenvalue weighted by molar-refractivity contribution is 5.68. The minimum absolute atomic E-state index is 0.186. The Morgan fingerprint density at radius 2 is 2.13 bits per heavy atom. The lowest BCUT2D eigenvalue weighted by Gasteiger charge is -2.24. The van der Waals surface area contributed by atoms with Crippen LogP contribution in [-0.4, -0.2) is 0 Å². The van der Waals surface area contributed by atoms with Crippen LogP contribution in [0.1, 0.15) is 32.8 Å². The molecule has 0 radical (unpaired) electrons. The summed E-state index contributed by atoms with van der Waals surface area (Å²) >= 11 is 0. The number of nitrogens with two attached hydrogens (primary N) is 1. The average Bonchev–Trinajstić information content (AvgIpc) is 2.21. The number of hydrogen-bond donors (Lipinski definition) is 2. The first kappa shape index (κ1) is 11.6. The van der Waals surface area contributed by atoms with E-state index >= 15 is 0 Å². The van der Waals surface area contributed by atoms with Crippen molar-refractivity contribution in [3.05, 3.63) is 36.5 Å². The Hall–Kier alpha value is -1.44. The Morgan fingerprint density at radius 1 is 1.47 bits per heavy atom. The smallest absolute Gasteiger partial charge is 0.0616 e. The molecule has 0 unspecified atom stereocenters. The number of benzene rings is 1. The summed E-state index contributed by atoms with van der Waals surface area (Å²) in [5.41, 5.74) is 9.02. The molecule has 0 saturated carbocycles. The fraction of sp³-hybridized carbons (Fsp3) is 0.385. The van der Waals surface area contributed by atoms with Crippen LogP contribution in [0.15, 0.2) is 31.0 Å². The van der Waals surface area contributed by atoms with E-state index in [1.54, 1.807) is 6.20 Å². The van der Waals surface area contributed by atoms with Gasteiger partial charge in [0.25, 0.3) is 0 Å². The Kier molecular flexibility index (Phi) is 3.40. The standard InChI is InChI=1S/C13H20N2/c1-5-13(3,4)10-7-8-11(14)12(9-10)15-6-2/h6-9,15H,2,5,14H2,1,3-4H3. The maximum absolute atomic E-state index is 5.85. The molecule has 1 rings (SSSR count). The van der Waals surface area contributed by atoms with E-state index in [4.69, 9.17) is 5.73 Å². The van der Waals surface area contributed by atoms with E-state index in [0.29, 0.717) is 0 Å². The summed E-state index contributed by atoms with van der Waals surface area (Å²) in [5.74, 6) is 0. The third kappa shape index (κ3) is 2.52. The van der Waals surface area contributed by atoms with Gasteiger partial charge in [0.2, 0.25) is 0 Å². The molecule has 0 fully saturated rings. The molecule has 2 heteroatoms. The molecule has 15 heavy (non-hydrogen) atoms. The molecular weight excluding hydrogens is 184 g/mol. The van der Waals surface area contributed by atoms with Gasteiger partial charge in [-0.2, -0.15) is 0 Å². The lowest BCUT2D eigenvalue weighted by atomic mass is 9.82. The maximum Gasteiger partial charge on any atom is 0.0616 e. The molecule has 0 aliphatic rings. The van der Waals surface area contributed by atoms with Crippen LogP contribution in [0.3, 0.4) is 0 Å². The van der Waals surface area contributed by atoms with Crippen LogP contribution < -0.4 is 11.1 Å². The highest BCUT2D eigenvalue weighted by Crippen LogP contribution is 2.31. The molecule has 0 amide bonds. The largest absolute Gasteiger partial charge is 0.397 e. The molecule has 0 spiro atoms. The third-order valence-electron chi connectivity index (χ3n) is 2.98. The van der Waals surface area contributed by atoms with Crippen LogP contribution in [0, 0.1) is 0 Å². The fourth-order valence-electron chi connectivity index (χ4n) is 1.42. The predicted molar refractivity (Wildman–Crippen MR) is 68.0 cm³/mol. The van der Waals surface area contributed by atoms with Gasteiger partial charge in [-0.3, -0.25) is 0 Å². The highest BCUT2D eigenvalue weighted by atomic mass is 14.9. The Morgan fingerprint density at radius 3 is 2.67 bits per heavy atom. The van der Waals surface area contributed by atoms with Gasteiger partial charge in [-0.25, -0.2) is 0 Å². The molecule has 0 saturated heterocycles. The molecule has 1 aromatic rings. The maximum atomic E-state index is 5.85. The molecule has 1 aromatic carbocycles. The lowest BCUT2D eigenvalue weighted by Crippen LogP contribution is -2.15. The monoisotopic (exact) mass is 204 g/mol. The molecule has 0 aliphatic carbocycles. The molecule has 0 aliphatic heterocycles. The summed E-state index contributed by atoms with van der Waals surface area (Å²) in [7, 11) is 0. The van der Waals surface area contributed by atoms with Gasteiger partial charge in [0.15, 0.2) is 0 Å². The zero-order valence-electron chi connectivity index (χ0n) is 9.80. The first-order chi connectivity index (χ1) is 7.01. The topological polar surface area (TPSA) is 38.0 Å². The zero-order chi connectivity index (χ0) is 11.5. The van der Waals surface area contributed by atoms with Crippen molar-refractivity contribution in [2.24, 2.45) is 0 Å². The van der Waals surface area contributed by atoms with Crippen LogP contribution in [0.25, 0.3) is 0 Å². The summed E-state index contributed by atoms with van der Waals surface area (Å²) in [6, 6.07) is 6.13. The molecular formula is C13H20N2. The van der Waals surface area contributed by atoms with Crippen LogP contribution in [0.4, 0.5) is 11.4 Å². The van der Waals surface area contributed by atoms with Gasteiger partial charge < -0.3 is 11.1 Å². The van der Waals surface area contributed by atoms with Crippen LogP contribution in [0.2, 0.25) is 0 Å². The average molecular weight is 204 g/mol. The van der Waals surface area contributed by atoms with Gasteiger partial charge in [-0.15, -0.1) is 0 Å². The second kappa shape index (κ2) is 4.39. The van der Waals surface area contributed by atoms with E-state index < -0.39 is 0 Å². The van der Waals surface area contributed by atoms with Crippen molar-refractivity contribution in [1.82, 2.24) is 0 Å². The second-order valence-electron chi connectivity index (χ2n) is 4.39. The first-order valence-corrected chi connectivity index (χ1v) is 5.28. The van der Waals surface area contributed by atoms with Gasteiger partial charge in [-0.05, 0) is 35.7 Å². The Balaban J connectivity index is 3.12. The normalized spacial score (nSPS) is 11.1. The molecule has 0 heterocycles. The molecule has 2 nitrogen and oxygen atoms in total. The minimum Gasteiger partial charge on any atom is -0.397 e. The van der Waals surface area contributed by atoms with Crippen molar-refractivity contribution in [3.8, 4) is 0 Å². The van der Waals surface area contributed by atoms with Crippen molar-refractivity contribution < 1.29 is 0 Å². The van der Waals surface area contributed by atoms with E-state index in [0.717, 1.165) is 17.8 Å². The SMILES string of the molecule is C=CNc1cc(C(C)(C)CC)ccc1N. The van der Waals surface area contributed by atoms with Crippen molar-refractivity contribution in [1.29, 1.82) is 0 Å². The fourth-order valence-corrected chi connectivity index (χ4v) is 1.42. The Bertz CT molecular complexity index is 354. The second-order valence-corrected chi connectivity index (χ2v) is 4.39. The zero-order valence-corrected chi connectivity index (χ0v) is 9.80. The number of nitrogens with one attached hydrogen (secondary N) is 1. The summed E-state index contributed by atoms with van der Waals surface area (Å²) in [6.07, 6.45) is 2.75. The Labute approximate surface area is 92.2 Å². The van der Waals surface area contributed by atoms with E-state index in [9.17, 15) is 0 Å². The van der Waals surface area contributed by atoms with Crippen molar-refractivity contribution >= 4 is 11.4 Å².